The van der Waals surface area contributed by atoms with Crippen LogP contribution in [-0.4, -0.2) is 24.1 Å². The van der Waals surface area contributed by atoms with Crippen LogP contribution in [0.4, 0.5) is 5.69 Å². The van der Waals surface area contributed by atoms with E-state index in [1.54, 1.807) is 30.3 Å². The number of fused-ring (bicyclic) bond motifs is 1. The van der Waals surface area contributed by atoms with E-state index >= 15 is 0 Å². The molecule has 0 radical (unpaired) electrons. The predicted molar refractivity (Wildman–Crippen MR) is 96.2 cm³/mol. The average molecular weight is 335 g/mol. The first-order valence-electron chi connectivity index (χ1n) is 7.75. The van der Waals surface area contributed by atoms with Crippen LogP contribution in [0.2, 0.25) is 0 Å². The van der Waals surface area contributed by atoms with Crippen molar-refractivity contribution in [3.05, 3.63) is 71.8 Å². The lowest BCUT2D eigenvalue weighted by atomic mass is 10.0. The number of aliphatic carboxylic acids is 1. The largest absolute Gasteiger partial charge is 0.496 e. The van der Waals surface area contributed by atoms with Crippen molar-refractivity contribution in [2.45, 2.75) is 6.42 Å². The van der Waals surface area contributed by atoms with E-state index in [-0.39, 0.29) is 12.3 Å². The van der Waals surface area contributed by atoms with E-state index in [9.17, 15) is 9.59 Å². The van der Waals surface area contributed by atoms with Gasteiger partial charge in [-0.15, -0.1) is 0 Å². The van der Waals surface area contributed by atoms with Crippen LogP contribution in [0.15, 0.2) is 60.7 Å². The monoisotopic (exact) mass is 335 g/mol. The zero-order valence-corrected chi connectivity index (χ0v) is 13.7. The van der Waals surface area contributed by atoms with Crippen molar-refractivity contribution in [3.63, 3.8) is 0 Å². The second kappa shape index (κ2) is 7.05. The number of anilines is 1. The predicted octanol–water partition coefficient (Wildman–Crippen LogP) is 3.73. The Hall–Kier alpha value is -3.34. The highest BCUT2D eigenvalue weighted by molar-refractivity contribution is 6.08. The van der Waals surface area contributed by atoms with Crippen LogP contribution in [0.3, 0.4) is 0 Å². The van der Waals surface area contributed by atoms with E-state index in [0.29, 0.717) is 22.6 Å². The first-order valence-corrected chi connectivity index (χ1v) is 7.75. The molecule has 5 nitrogen and oxygen atoms in total. The van der Waals surface area contributed by atoms with Crippen LogP contribution in [0.25, 0.3) is 10.8 Å². The van der Waals surface area contributed by atoms with Crippen molar-refractivity contribution in [3.8, 4) is 5.75 Å². The second-order valence-electron chi connectivity index (χ2n) is 5.62. The van der Waals surface area contributed by atoms with Crippen molar-refractivity contribution in [2.24, 2.45) is 0 Å². The molecule has 3 aromatic carbocycles. The molecule has 0 aromatic heterocycles. The third-order valence-corrected chi connectivity index (χ3v) is 3.88. The Labute approximate surface area is 144 Å². The number of carbonyl (C=O) groups excluding carboxylic acids is 1. The summed E-state index contributed by atoms with van der Waals surface area (Å²) in [4.78, 5) is 23.3. The Kier molecular flexibility index (Phi) is 4.66. The van der Waals surface area contributed by atoms with Gasteiger partial charge in [-0.1, -0.05) is 36.4 Å². The number of methoxy groups -OCH3 is 1. The van der Waals surface area contributed by atoms with Gasteiger partial charge in [0.05, 0.1) is 19.1 Å². The fraction of sp³-hybridized carbons (Fsp3) is 0.100. The van der Waals surface area contributed by atoms with Crippen molar-refractivity contribution in [1.82, 2.24) is 0 Å². The topological polar surface area (TPSA) is 75.6 Å². The van der Waals surface area contributed by atoms with Crippen LogP contribution in [-0.2, 0) is 11.2 Å². The third kappa shape index (κ3) is 3.77. The Bertz CT molecular complexity index is 932. The van der Waals surface area contributed by atoms with Gasteiger partial charge in [0.2, 0.25) is 0 Å². The zero-order valence-electron chi connectivity index (χ0n) is 13.7. The second-order valence-corrected chi connectivity index (χ2v) is 5.62. The summed E-state index contributed by atoms with van der Waals surface area (Å²) in [6.45, 7) is 0. The number of carbonyl (C=O) groups is 2. The highest BCUT2D eigenvalue weighted by atomic mass is 16.5. The van der Waals surface area contributed by atoms with Crippen LogP contribution in [0.5, 0.6) is 5.75 Å². The number of hydrogen-bond acceptors (Lipinski definition) is 3. The lowest BCUT2D eigenvalue weighted by Gasteiger charge is -2.11. The maximum atomic E-state index is 12.6. The van der Waals surface area contributed by atoms with E-state index in [2.05, 4.69) is 5.32 Å². The third-order valence-electron chi connectivity index (χ3n) is 3.88. The molecule has 0 atom stereocenters. The first kappa shape index (κ1) is 16.5. The minimum Gasteiger partial charge on any atom is -0.496 e. The van der Waals surface area contributed by atoms with Crippen molar-refractivity contribution < 1.29 is 19.4 Å². The normalized spacial score (nSPS) is 10.4. The van der Waals surface area contributed by atoms with E-state index in [1.807, 2.05) is 30.3 Å². The number of carboxylic acids is 1. The molecule has 0 aliphatic heterocycles. The number of ether oxygens (including phenoxy) is 1. The van der Waals surface area contributed by atoms with Crippen molar-refractivity contribution in [1.29, 1.82) is 0 Å². The molecule has 0 unspecified atom stereocenters. The standard InChI is InChI=1S/C20H17NO4/c1-25-18-12-15-5-3-2-4-14(15)11-17(18)20(24)21-16-8-6-13(7-9-16)10-19(22)23/h2-9,11-12H,10H2,1H3,(H,21,24)(H,22,23). The Morgan fingerprint density at radius 3 is 2.24 bits per heavy atom. The maximum Gasteiger partial charge on any atom is 0.307 e. The summed E-state index contributed by atoms with van der Waals surface area (Å²) >= 11 is 0. The highest BCUT2D eigenvalue weighted by Crippen LogP contribution is 2.26. The number of rotatable bonds is 5. The molecule has 3 aromatic rings. The molecular formula is C20H17NO4. The number of hydrogen-bond donors (Lipinski definition) is 2. The van der Waals surface area contributed by atoms with Crippen molar-refractivity contribution >= 4 is 28.3 Å². The van der Waals surface area contributed by atoms with Crippen LogP contribution >= 0.6 is 0 Å². The Morgan fingerprint density at radius 1 is 1.00 bits per heavy atom. The van der Waals surface area contributed by atoms with Gasteiger partial charge in [0.25, 0.3) is 5.91 Å². The molecule has 0 saturated carbocycles. The van der Waals surface area contributed by atoms with Gasteiger partial charge in [0.1, 0.15) is 5.75 Å². The lowest BCUT2D eigenvalue weighted by Crippen LogP contribution is -2.13. The molecule has 25 heavy (non-hydrogen) atoms. The SMILES string of the molecule is COc1cc2ccccc2cc1C(=O)Nc1ccc(CC(=O)O)cc1. The molecule has 0 heterocycles. The van der Waals surface area contributed by atoms with Crippen LogP contribution in [0.1, 0.15) is 15.9 Å². The van der Waals surface area contributed by atoms with Crippen molar-refractivity contribution in [2.75, 3.05) is 12.4 Å². The summed E-state index contributed by atoms with van der Waals surface area (Å²) in [7, 11) is 1.53. The quantitative estimate of drug-likeness (QED) is 0.745. The molecule has 2 N–H and O–H groups in total. The number of nitrogens with one attached hydrogen (secondary N) is 1. The van der Waals surface area contributed by atoms with Crippen LogP contribution < -0.4 is 10.1 Å². The Morgan fingerprint density at radius 2 is 1.64 bits per heavy atom. The van der Waals surface area contributed by atoms with Gasteiger partial charge >= 0.3 is 5.97 Å². The summed E-state index contributed by atoms with van der Waals surface area (Å²) in [5.41, 5.74) is 1.71. The fourth-order valence-corrected chi connectivity index (χ4v) is 2.64. The summed E-state index contributed by atoms with van der Waals surface area (Å²) in [5, 5.41) is 13.5. The highest BCUT2D eigenvalue weighted by Gasteiger charge is 2.14. The fourth-order valence-electron chi connectivity index (χ4n) is 2.64. The van der Waals surface area contributed by atoms with Gasteiger partial charge in [0.15, 0.2) is 0 Å². The van der Waals surface area contributed by atoms with Gasteiger partial charge in [-0.3, -0.25) is 9.59 Å². The van der Waals surface area contributed by atoms with Gasteiger partial charge in [-0.2, -0.15) is 0 Å². The van der Waals surface area contributed by atoms with E-state index in [0.717, 1.165) is 10.8 Å². The van der Waals surface area contributed by atoms with E-state index in [1.165, 1.54) is 7.11 Å². The number of benzene rings is 3. The maximum absolute atomic E-state index is 12.6. The summed E-state index contributed by atoms with van der Waals surface area (Å²) < 4.78 is 5.35. The van der Waals surface area contributed by atoms with Gasteiger partial charge in [0, 0.05) is 5.69 Å². The van der Waals surface area contributed by atoms with Gasteiger partial charge < -0.3 is 15.2 Å². The average Bonchev–Trinajstić information content (AvgIpc) is 2.61. The summed E-state index contributed by atoms with van der Waals surface area (Å²) in [5.74, 6) is -0.676. The minimum absolute atomic E-state index is 0.0489. The van der Waals surface area contributed by atoms with E-state index < -0.39 is 5.97 Å². The zero-order chi connectivity index (χ0) is 17.8. The minimum atomic E-state index is -0.891. The molecule has 0 saturated heterocycles. The molecule has 3 rings (SSSR count). The molecule has 1 amide bonds. The molecule has 126 valence electrons. The van der Waals surface area contributed by atoms with Gasteiger partial charge in [-0.25, -0.2) is 0 Å². The summed E-state index contributed by atoms with van der Waals surface area (Å²) in [6.07, 6.45) is -0.0489. The molecule has 0 fully saturated rings. The number of carboxylic acid groups (broad SMARTS) is 1. The van der Waals surface area contributed by atoms with Crippen LogP contribution in [0, 0.1) is 0 Å². The molecule has 5 heteroatoms. The molecular weight excluding hydrogens is 318 g/mol. The first-order chi connectivity index (χ1) is 12.1. The number of amides is 1. The molecule has 0 spiro atoms. The lowest BCUT2D eigenvalue weighted by molar-refractivity contribution is -0.136. The Balaban J connectivity index is 1.85. The smallest absolute Gasteiger partial charge is 0.307 e. The molecule has 0 aliphatic carbocycles. The van der Waals surface area contributed by atoms with E-state index in [4.69, 9.17) is 9.84 Å². The van der Waals surface area contributed by atoms with Gasteiger partial charge in [-0.05, 0) is 40.6 Å². The molecule has 0 bridgehead atoms. The molecule has 0 aliphatic rings. The summed E-state index contributed by atoms with van der Waals surface area (Å²) in [6, 6.07) is 18.1.